The minimum Gasteiger partial charge on any atom is -0.0930 e. The molecule has 0 heterocycles. The highest BCUT2D eigenvalue weighted by Crippen LogP contribution is 2.15. The lowest BCUT2D eigenvalue weighted by Gasteiger charge is -2.11. The quantitative estimate of drug-likeness (QED) is 0.738. The number of hydrogen-bond donors (Lipinski definition) is 0. The fourth-order valence-corrected chi connectivity index (χ4v) is 4.00. The van der Waals surface area contributed by atoms with E-state index < -0.39 is 8.80 Å². The molecular weight excluding hydrogens is 264 g/mol. The zero-order valence-corrected chi connectivity index (χ0v) is 11.4. The van der Waals surface area contributed by atoms with Crippen LogP contribution in [0.25, 0.3) is 10.8 Å². The van der Waals surface area contributed by atoms with Gasteiger partial charge < -0.3 is 0 Å². The average molecular weight is 277 g/mol. The van der Waals surface area contributed by atoms with Crippen LogP contribution in [0.2, 0.25) is 6.55 Å². The highest BCUT2D eigenvalue weighted by atomic mass is 79.9. The van der Waals surface area contributed by atoms with Gasteiger partial charge in [0, 0.05) is 0 Å². The Morgan fingerprint density at radius 3 is 2.53 bits per heavy atom. The van der Waals surface area contributed by atoms with Gasteiger partial charge in [0.2, 0.25) is 0 Å². The minimum atomic E-state index is -1.06. The number of rotatable bonds is 2. The first kappa shape index (κ1) is 10.6. The molecule has 2 aromatic rings. The standard InChI is InChI=1S/C13H13BrSi/c1-10(14)15(2)13-9-5-7-11-6-3-4-8-12(11)13/h3-9,15H,1H2,2H3. The second-order valence-corrected chi connectivity index (χ2v) is 8.36. The van der Waals surface area contributed by atoms with E-state index in [0.717, 1.165) is 0 Å². The first-order valence-corrected chi connectivity index (χ1v) is 8.12. The van der Waals surface area contributed by atoms with Gasteiger partial charge in [0.15, 0.2) is 0 Å². The van der Waals surface area contributed by atoms with Gasteiger partial charge in [0.1, 0.15) is 8.80 Å². The van der Waals surface area contributed by atoms with Gasteiger partial charge in [-0.3, -0.25) is 0 Å². The number of benzene rings is 2. The molecule has 0 nitrogen and oxygen atoms in total. The molecule has 0 radical (unpaired) electrons. The summed E-state index contributed by atoms with van der Waals surface area (Å²) >= 11 is 3.53. The lowest BCUT2D eigenvalue weighted by molar-refractivity contribution is 1.77. The largest absolute Gasteiger partial charge is 0.109 e. The number of halogens is 1. The molecule has 0 fully saturated rings. The Bertz CT molecular complexity index is 499. The fourth-order valence-electron chi connectivity index (χ4n) is 1.80. The Morgan fingerprint density at radius 2 is 1.80 bits per heavy atom. The molecule has 2 rings (SSSR count). The third-order valence-electron chi connectivity index (χ3n) is 2.76. The summed E-state index contributed by atoms with van der Waals surface area (Å²) in [7, 11) is -1.06. The lowest BCUT2D eigenvalue weighted by atomic mass is 10.1. The summed E-state index contributed by atoms with van der Waals surface area (Å²) in [6.07, 6.45) is 0. The Labute approximate surface area is 100 Å². The molecule has 2 heteroatoms. The van der Waals surface area contributed by atoms with Crippen molar-refractivity contribution in [3.8, 4) is 0 Å². The summed E-state index contributed by atoms with van der Waals surface area (Å²) in [5.74, 6) is 0. The topological polar surface area (TPSA) is 0 Å². The highest BCUT2D eigenvalue weighted by Gasteiger charge is 2.11. The van der Waals surface area contributed by atoms with Crippen molar-refractivity contribution in [1.82, 2.24) is 0 Å². The smallest absolute Gasteiger partial charge is 0.0930 e. The fraction of sp³-hybridized carbons (Fsp3) is 0.0769. The molecule has 1 atom stereocenters. The summed E-state index contributed by atoms with van der Waals surface area (Å²) < 4.78 is 1.17. The van der Waals surface area contributed by atoms with Gasteiger partial charge in [-0.05, 0) is 20.1 Å². The van der Waals surface area contributed by atoms with Crippen molar-refractivity contribution in [3.05, 3.63) is 53.1 Å². The second kappa shape index (κ2) is 4.33. The molecule has 0 spiro atoms. The molecule has 1 unspecified atom stereocenters. The maximum atomic E-state index is 4.02. The van der Waals surface area contributed by atoms with Gasteiger partial charge in [0.25, 0.3) is 0 Å². The molecule has 0 N–H and O–H groups in total. The van der Waals surface area contributed by atoms with Crippen LogP contribution in [0.4, 0.5) is 0 Å². The predicted octanol–water partition coefficient (Wildman–Crippen LogP) is 3.35. The van der Waals surface area contributed by atoms with Crippen molar-refractivity contribution in [3.63, 3.8) is 0 Å². The zero-order chi connectivity index (χ0) is 10.8. The average Bonchev–Trinajstić information content (AvgIpc) is 2.27. The molecule has 15 heavy (non-hydrogen) atoms. The van der Waals surface area contributed by atoms with Crippen molar-refractivity contribution in [2.75, 3.05) is 0 Å². The predicted molar refractivity (Wildman–Crippen MR) is 74.7 cm³/mol. The highest BCUT2D eigenvalue weighted by molar-refractivity contribution is 9.12. The van der Waals surface area contributed by atoms with E-state index in [4.69, 9.17) is 0 Å². The Balaban J connectivity index is 2.65. The summed E-state index contributed by atoms with van der Waals surface area (Å²) in [6.45, 7) is 6.32. The maximum absolute atomic E-state index is 4.02. The van der Waals surface area contributed by atoms with E-state index in [2.05, 4.69) is 71.5 Å². The molecule has 2 aromatic carbocycles. The van der Waals surface area contributed by atoms with Crippen molar-refractivity contribution in [2.24, 2.45) is 0 Å². The normalized spacial score (nSPS) is 12.7. The van der Waals surface area contributed by atoms with Gasteiger partial charge in [-0.15, -0.1) is 0 Å². The van der Waals surface area contributed by atoms with Crippen LogP contribution in [-0.4, -0.2) is 8.80 Å². The van der Waals surface area contributed by atoms with Crippen LogP contribution in [0, 0.1) is 0 Å². The summed E-state index contributed by atoms with van der Waals surface area (Å²) in [5.41, 5.74) is 0. The van der Waals surface area contributed by atoms with Gasteiger partial charge in [0.05, 0.1) is 0 Å². The van der Waals surface area contributed by atoms with E-state index in [1.807, 2.05) is 0 Å². The van der Waals surface area contributed by atoms with Crippen molar-refractivity contribution < 1.29 is 0 Å². The molecular formula is C13H13BrSi. The number of fused-ring (bicyclic) bond motifs is 1. The molecule has 0 aliphatic carbocycles. The molecule has 0 saturated heterocycles. The van der Waals surface area contributed by atoms with Gasteiger partial charge >= 0.3 is 0 Å². The Hall–Kier alpha value is -0.863. The lowest BCUT2D eigenvalue weighted by Crippen LogP contribution is -2.27. The van der Waals surface area contributed by atoms with E-state index in [1.54, 1.807) is 0 Å². The van der Waals surface area contributed by atoms with Crippen LogP contribution in [0.3, 0.4) is 0 Å². The Morgan fingerprint density at radius 1 is 1.13 bits per heavy atom. The molecule has 0 aromatic heterocycles. The zero-order valence-electron chi connectivity index (χ0n) is 8.70. The summed E-state index contributed by atoms with van der Waals surface area (Å²) in [6, 6.07) is 15.1. The van der Waals surface area contributed by atoms with Crippen LogP contribution in [-0.2, 0) is 0 Å². The molecule has 0 amide bonds. The molecule has 0 bridgehead atoms. The van der Waals surface area contributed by atoms with E-state index in [-0.39, 0.29) is 0 Å². The third-order valence-corrected chi connectivity index (χ3v) is 7.20. The second-order valence-electron chi connectivity index (χ2n) is 3.74. The third kappa shape index (κ3) is 2.06. The molecule has 0 aliphatic rings. The van der Waals surface area contributed by atoms with Crippen LogP contribution in [0.1, 0.15) is 0 Å². The molecule has 0 saturated carbocycles. The van der Waals surface area contributed by atoms with E-state index in [1.165, 1.54) is 20.1 Å². The molecule has 76 valence electrons. The monoisotopic (exact) mass is 276 g/mol. The summed E-state index contributed by atoms with van der Waals surface area (Å²) in [4.78, 5) is 0. The first-order valence-electron chi connectivity index (χ1n) is 5.02. The van der Waals surface area contributed by atoms with Gasteiger partial charge in [-0.2, -0.15) is 0 Å². The maximum Gasteiger partial charge on any atom is 0.109 e. The van der Waals surface area contributed by atoms with Gasteiger partial charge in [-0.25, -0.2) is 0 Å². The SMILES string of the molecule is C=C(Br)[SiH](C)c1cccc2ccccc12. The number of hydrogen-bond acceptors (Lipinski definition) is 0. The van der Waals surface area contributed by atoms with E-state index >= 15 is 0 Å². The van der Waals surface area contributed by atoms with E-state index in [9.17, 15) is 0 Å². The van der Waals surface area contributed by atoms with Crippen molar-refractivity contribution >= 4 is 40.7 Å². The minimum absolute atomic E-state index is 1.06. The van der Waals surface area contributed by atoms with Crippen molar-refractivity contribution in [1.29, 1.82) is 0 Å². The van der Waals surface area contributed by atoms with Crippen LogP contribution >= 0.6 is 15.9 Å². The van der Waals surface area contributed by atoms with E-state index in [0.29, 0.717) is 0 Å². The summed E-state index contributed by atoms with van der Waals surface area (Å²) in [5, 5.41) is 4.16. The first-order chi connectivity index (χ1) is 7.20. The van der Waals surface area contributed by atoms with Crippen LogP contribution < -0.4 is 5.19 Å². The van der Waals surface area contributed by atoms with Crippen LogP contribution in [0.5, 0.6) is 0 Å². The Kier molecular flexibility index (Phi) is 3.07. The molecule has 0 aliphatic heterocycles. The van der Waals surface area contributed by atoms with Crippen molar-refractivity contribution in [2.45, 2.75) is 6.55 Å². The van der Waals surface area contributed by atoms with Crippen LogP contribution in [0.15, 0.2) is 53.1 Å². The van der Waals surface area contributed by atoms with Gasteiger partial charge in [-0.1, -0.05) is 71.5 Å².